The Bertz CT molecular complexity index is 979. The van der Waals surface area contributed by atoms with Gasteiger partial charge in [-0.2, -0.15) is 0 Å². The summed E-state index contributed by atoms with van der Waals surface area (Å²) in [6, 6.07) is 9.82. The monoisotopic (exact) mass is 414 g/mol. The number of fused-ring (bicyclic) bond motifs is 1. The van der Waals surface area contributed by atoms with Crippen molar-refractivity contribution >= 4 is 50.5 Å². The third kappa shape index (κ3) is 3.90. The lowest BCUT2D eigenvalue weighted by atomic mass is 10.1. The normalized spacial score (nSPS) is 16.6. The molecule has 1 heterocycles. The smallest absolute Gasteiger partial charge is 0.267 e. The van der Waals surface area contributed by atoms with Crippen molar-refractivity contribution in [1.29, 1.82) is 0 Å². The lowest BCUT2D eigenvalue weighted by molar-refractivity contribution is -0.122. The number of hydrogen-bond acceptors (Lipinski definition) is 4. The first-order valence-corrected chi connectivity index (χ1v) is 10.3. The summed E-state index contributed by atoms with van der Waals surface area (Å²) in [5.74, 6) is -0.148. The molecule has 3 rings (SSSR count). The van der Waals surface area contributed by atoms with Crippen LogP contribution in [0.5, 0.6) is 5.75 Å². The van der Waals surface area contributed by atoms with Crippen LogP contribution in [0.2, 0.25) is 10.0 Å². The Morgan fingerprint density at radius 3 is 2.58 bits per heavy atom. The van der Waals surface area contributed by atoms with Crippen LogP contribution in [0.3, 0.4) is 0 Å². The molecule has 0 spiro atoms. The number of sulfonamides is 1. The molecule has 9 heteroatoms. The predicted octanol–water partition coefficient (Wildman–Crippen LogP) is 3.47. The summed E-state index contributed by atoms with van der Waals surface area (Å²) in [6.45, 7) is 1.73. The van der Waals surface area contributed by atoms with E-state index in [1.807, 2.05) is 6.92 Å². The number of nitrogens with zero attached hydrogens (tertiary/aromatic N) is 1. The first-order valence-electron chi connectivity index (χ1n) is 7.66. The number of benzene rings is 2. The highest BCUT2D eigenvalue weighted by Crippen LogP contribution is 2.36. The van der Waals surface area contributed by atoms with Gasteiger partial charge in [0.2, 0.25) is 10.0 Å². The van der Waals surface area contributed by atoms with Gasteiger partial charge in [-0.1, -0.05) is 29.3 Å². The molecule has 138 valence electrons. The minimum absolute atomic E-state index is 0.123. The lowest BCUT2D eigenvalue weighted by Crippen LogP contribution is -2.48. The van der Waals surface area contributed by atoms with E-state index in [1.54, 1.807) is 30.3 Å². The maximum Gasteiger partial charge on any atom is 0.267 e. The highest BCUT2D eigenvalue weighted by molar-refractivity contribution is 7.92. The van der Waals surface area contributed by atoms with Crippen LogP contribution in [0.1, 0.15) is 5.56 Å². The molecule has 0 saturated carbocycles. The number of carbonyl (C=O) groups excluding carboxylic acids is 1. The Morgan fingerprint density at radius 1 is 1.19 bits per heavy atom. The van der Waals surface area contributed by atoms with Gasteiger partial charge in [0, 0.05) is 5.69 Å². The van der Waals surface area contributed by atoms with Crippen molar-refractivity contribution in [3.63, 3.8) is 0 Å². The van der Waals surface area contributed by atoms with Crippen molar-refractivity contribution in [3.05, 3.63) is 52.0 Å². The zero-order valence-electron chi connectivity index (χ0n) is 14.0. The molecule has 0 unspecified atom stereocenters. The largest absolute Gasteiger partial charge is 0.476 e. The van der Waals surface area contributed by atoms with Crippen molar-refractivity contribution in [3.8, 4) is 5.75 Å². The topological polar surface area (TPSA) is 75.7 Å². The number of amides is 1. The van der Waals surface area contributed by atoms with Gasteiger partial charge in [0.25, 0.3) is 5.91 Å². The Labute approximate surface area is 161 Å². The number of carbonyl (C=O) groups is 1. The van der Waals surface area contributed by atoms with Gasteiger partial charge in [-0.05, 0) is 42.8 Å². The van der Waals surface area contributed by atoms with Gasteiger partial charge in [0.15, 0.2) is 6.10 Å². The van der Waals surface area contributed by atoms with E-state index in [2.05, 4.69) is 5.32 Å². The average molecular weight is 415 g/mol. The molecule has 0 aromatic heterocycles. The Balaban J connectivity index is 1.88. The SMILES string of the molecule is Cc1ccc2c(c1)N(S(C)(=O)=O)C[C@@H](C(=O)Nc1ccc(Cl)c(Cl)c1)O2. The minimum Gasteiger partial charge on any atom is -0.476 e. The van der Waals surface area contributed by atoms with Gasteiger partial charge < -0.3 is 10.1 Å². The van der Waals surface area contributed by atoms with Crippen LogP contribution < -0.4 is 14.4 Å². The van der Waals surface area contributed by atoms with Gasteiger partial charge in [-0.15, -0.1) is 0 Å². The number of ether oxygens (including phenoxy) is 1. The molecule has 2 aromatic rings. The summed E-state index contributed by atoms with van der Waals surface area (Å²) in [5, 5.41) is 3.33. The second-order valence-corrected chi connectivity index (χ2v) is 8.71. The standard InChI is InChI=1S/C17H16Cl2N2O4S/c1-10-3-6-15-14(7-10)21(26(2,23)24)9-16(25-15)17(22)20-11-4-5-12(18)13(19)8-11/h3-8,16H,9H2,1-2H3,(H,20,22)/t16-/m0/s1. The number of hydrogen-bond donors (Lipinski definition) is 1. The van der Waals surface area contributed by atoms with Gasteiger partial charge in [0.1, 0.15) is 5.75 Å². The number of anilines is 2. The van der Waals surface area contributed by atoms with E-state index >= 15 is 0 Å². The second-order valence-electron chi connectivity index (χ2n) is 5.99. The summed E-state index contributed by atoms with van der Waals surface area (Å²) in [4.78, 5) is 12.6. The summed E-state index contributed by atoms with van der Waals surface area (Å²) < 4.78 is 31.3. The van der Waals surface area contributed by atoms with Crippen LogP contribution in [-0.2, 0) is 14.8 Å². The Hall–Kier alpha value is -1.96. The quantitative estimate of drug-likeness (QED) is 0.833. The Morgan fingerprint density at radius 2 is 1.92 bits per heavy atom. The molecular formula is C17H16Cl2N2O4S. The first-order chi connectivity index (χ1) is 12.1. The summed E-state index contributed by atoms with van der Waals surface area (Å²) in [7, 11) is -3.57. The third-order valence-electron chi connectivity index (χ3n) is 3.86. The Kier molecular flexibility index (Phi) is 5.05. The van der Waals surface area contributed by atoms with Crippen LogP contribution in [0.25, 0.3) is 0 Å². The van der Waals surface area contributed by atoms with Crippen molar-refractivity contribution in [2.45, 2.75) is 13.0 Å². The van der Waals surface area contributed by atoms with Gasteiger partial charge in [-0.25, -0.2) is 8.42 Å². The van der Waals surface area contributed by atoms with Crippen LogP contribution in [0.15, 0.2) is 36.4 Å². The maximum absolute atomic E-state index is 12.6. The minimum atomic E-state index is -3.57. The van der Waals surface area contributed by atoms with Gasteiger partial charge in [0.05, 0.1) is 28.5 Å². The van der Waals surface area contributed by atoms with Gasteiger partial charge in [-0.3, -0.25) is 9.10 Å². The molecule has 6 nitrogen and oxygen atoms in total. The van der Waals surface area contributed by atoms with E-state index < -0.39 is 22.0 Å². The van der Waals surface area contributed by atoms with Crippen molar-refractivity contribution in [2.24, 2.45) is 0 Å². The molecule has 1 amide bonds. The highest BCUT2D eigenvalue weighted by Gasteiger charge is 2.35. The first kappa shape index (κ1) is 18.8. The average Bonchev–Trinajstić information content (AvgIpc) is 2.56. The lowest BCUT2D eigenvalue weighted by Gasteiger charge is -2.34. The molecule has 1 aliphatic heterocycles. The van der Waals surface area contributed by atoms with Crippen LogP contribution in [0, 0.1) is 6.92 Å². The van der Waals surface area contributed by atoms with Crippen molar-refractivity contribution < 1.29 is 17.9 Å². The van der Waals surface area contributed by atoms with Crippen molar-refractivity contribution in [2.75, 3.05) is 22.4 Å². The van der Waals surface area contributed by atoms with Crippen LogP contribution in [-0.4, -0.2) is 33.2 Å². The van der Waals surface area contributed by atoms with Crippen molar-refractivity contribution in [1.82, 2.24) is 0 Å². The fraction of sp³-hybridized carbons (Fsp3) is 0.235. The zero-order valence-corrected chi connectivity index (χ0v) is 16.3. The molecule has 1 aliphatic rings. The summed E-state index contributed by atoms with van der Waals surface area (Å²) in [6.07, 6.45) is 0.0904. The van der Waals surface area contributed by atoms with Crippen LogP contribution >= 0.6 is 23.2 Å². The van der Waals surface area contributed by atoms with Gasteiger partial charge >= 0.3 is 0 Å². The van der Waals surface area contributed by atoms with Crippen LogP contribution in [0.4, 0.5) is 11.4 Å². The second kappa shape index (κ2) is 6.98. The highest BCUT2D eigenvalue weighted by atomic mass is 35.5. The summed E-state index contributed by atoms with van der Waals surface area (Å²) in [5.41, 5.74) is 1.75. The molecular weight excluding hydrogens is 399 g/mol. The molecule has 0 radical (unpaired) electrons. The molecule has 1 N–H and O–H groups in total. The predicted molar refractivity (Wildman–Crippen MR) is 103 cm³/mol. The molecule has 0 fully saturated rings. The van der Waals surface area contributed by atoms with E-state index in [4.69, 9.17) is 27.9 Å². The molecule has 0 saturated heterocycles. The number of aryl methyl sites for hydroxylation is 1. The third-order valence-corrected chi connectivity index (χ3v) is 5.75. The molecule has 2 aromatic carbocycles. The fourth-order valence-electron chi connectivity index (χ4n) is 2.61. The molecule has 26 heavy (non-hydrogen) atoms. The number of nitrogens with one attached hydrogen (secondary N) is 1. The molecule has 1 atom stereocenters. The number of rotatable bonds is 3. The fourth-order valence-corrected chi connectivity index (χ4v) is 3.81. The number of halogens is 2. The van der Waals surface area contributed by atoms with E-state index in [-0.39, 0.29) is 6.54 Å². The molecule has 0 bridgehead atoms. The van der Waals surface area contributed by atoms with E-state index in [9.17, 15) is 13.2 Å². The molecule has 0 aliphatic carbocycles. The van der Waals surface area contributed by atoms with E-state index in [0.717, 1.165) is 11.8 Å². The summed E-state index contributed by atoms with van der Waals surface area (Å²) >= 11 is 11.8. The zero-order chi connectivity index (χ0) is 19.1. The maximum atomic E-state index is 12.6. The van der Waals surface area contributed by atoms with E-state index in [0.29, 0.717) is 27.2 Å². The van der Waals surface area contributed by atoms with E-state index in [1.165, 1.54) is 10.4 Å².